The van der Waals surface area contributed by atoms with E-state index in [1.54, 1.807) is 0 Å². The highest BCUT2D eigenvalue weighted by Crippen LogP contribution is 2.36. The first-order valence-corrected chi connectivity index (χ1v) is 24.5. The van der Waals surface area contributed by atoms with E-state index in [2.05, 4.69) is 241 Å². The molecule has 0 saturated heterocycles. The van der Waals surface area contributed by atoms with Crippen LogP contribution < -0.4 is 0 Å². The van der Waals surface area contributed by atoms with Gasteiger partial charge in [0.25, 0.3) is 0 Å². The van der Waals surface area contributed by atoms with Crippen molar-refractivity contribution in [3.8, 4) is 33.4 Å². The van der Waals surface area contributed by atoms with E-state index in [0.717, 1.165) is 13.1 Å². The van der Waals surface area contributed by atoms with Crippen molar-refractivity contribution in [3.05, 3.63) is 241 Å². The minimum absolute atomic E-state index is 0.794. The molecule has 338 valence electrons. The smallest absolute Gasteiger partial charge is 0.100 e. The van der Waals surface area contributed by atoms with Crippen LogP contribution in [0.2, 0.25) is 0 Å². The maximum absolute atomic E-state index is 2.43. The molecule has 2 nitrogen and oxygen atoms in total. The first kappa shape index (κ1) is 49.0. The maximum Gasteiger partial charge on any atom is 0.100 e. The molecule has 1 aliphatic carbocycles. The molecule has 0 spiro atoms. The number of nitrogens with zero attached hydrogens (tertiary/aromatic N) is 2. The van der Waals surface area contributed by atoms with E-state index in [0.29, 0.717) is 0 Å². The molecule has 1 aliphatic rings. The van der Waals surface area contributed by atoms with Crippen LogP contribution in [0.4, 0.5) is 0 Å². The molecule has 0 fully saturated rings. The lowest BCUT2D eigenvalue weighted by molar-refractivity contribution is 0.682. The molecule has 0 saturated carbocycles. The summed E-state index contributed by atoms with van der Waals surface area (Å²) in [5, 5.41) is 5.26. The number of hydrogen-bond donors (Lipinski definition) is 0. The van der Waals surface area contributed by atoms with Gasteiger partial charge in [0.05, 0.1) is 22.1 Å². The Bertz CT molecular complexity index is 2900. The number of aromatic nitrogens is 2. The van der Waals surface area contributed by atoms with Crippen molar-refractivity contribution in [2.75, 3.05) is 0 Å². The van der Waals surface area contributed by atoms with Crippen LogP contribution in [0.25, 0.3) is 77.0 Å². The maximum atomic E-state index is 2.43. The Balaban J connectivity index is 0.000000162. The average Bonchev–Trinajstić information content (AvgIpc) is 4.07. The summed E-state index contributed by atoms with van der Waals surface area (Å²) < 4.78 is 4.87. The molecule has 2 heterocycles. The highest BCUT2D eigenvalue weighted by molar-refractivity contribution is 6.09. The molecule has 12 rings (SSSR count). The van der Waals surface area contributed by atoms with Gasteiger partial charge in [-0.25, -0.2) is 0 Å². The van der Waals surface area contributed by atoms with E-state index in [4.69, 9.17) is 0 Å². The van der Waals surface area contributed by atoms with Gasteiger partial charge in [-0.05, 0) is 93.7 Å². The van der Waals surface area contributed by atoms with Crippen molar-refractivity contribution in [1.82, 2.24) is 9.13 Å². The van der Waals surface area contributed by atoms with Crippen LogP contribution in [0.3, 0.4) is 0 Å². The number of rotatable bonds is 4. The molecule has 0 bridgehead atoms. The van der Waals surface area contributed by atoms with Crippen molar-refractivity contribution in [3.63, 3.8) is 0 Å². The molecular weight excluding hydrogens is 809 g/mol. The SMILES string of the molecule is CC.CC.CC.CC.Cc1cc(-c2ccccc2)cc(-c2ccccc2)c1.c1ccc2c(c1)Cc1ccccc1-2.c1ccc2c(c1)c1ccccc1n2Cn1c2ccccc2c2ccccc21. The molecule has 0 N–H and O–H groups in total. The van der Waals surface area contributed by atoms with E-state index in [1.807, 2.05) is 55.4 Å². The van der Waals surface area contributed by atoms with Crippen LogP contribution in [0, 0.1) is 6.92 Å². The lowest BCUT2D eigenvalue weighted by Crippen LogP contribution is -2.07. The number of fused-ring (bicyclic) bond motifs is 9. The van der Waals surface area contributed by atoms with Crippen LogP contribution in [0.15, 0.2) is 224 Å². The summed E-state index contributed by atoms with van der Waals surface area (Å²) in [5.41, 5.74) is 17.2. The molecule has 0 aliphatic heterocycles. The normalized spacial score (nSPS) is 10.5. The lowest BCUT2D eigenvalue weighted by Gasteiger charge is -2.12. The van der Waals surface area contributed by atoms with E-state index in [-0.39, 0.29) is 0 Å². The zero-order valence-corrected chi connectivity index (χ0v) is 41.2. The topological polar surface area (TPSA) is 9.86 Å². The van der Waals surface area contributed by atoms with E-state index >= 15 is 0 Å². The minimum atomic E-state index is 0.794. The largest absolute Gasteiger partial charge is 0.322 e. The van der Waals surface area contributed by atoms with Gasteiger partial charge in [0.2, 0.25) is 0 Å². The summed E-state index contributed by atoms with van der Waals surface area (Å²) >= 11 is 0. The summed E-state index contributed by atoms with van der Waals surface area (Å²) in [5.74, 6) is 0. The van der Waals surface area contributed by atoms with Crippen LogP contribution in [0.1, 0.15) is 72.1 Å². The molecule has 0 amide bonds. The van der Waals surface area contributed by atoms with Gasteiger partial charge in [-0.2, -0.15) is 0 Å². The third-order valence-electron chi connectivity index (χ3n) is 11.6. The summed E-state index contributed by atoms with van der Waals surface area (Å²) in [7, 11) is 0. The van der Waals surface area contributed by atoms with Crippen molar-refractivity contribution in [2.45, 2.75) is 75.4 Å². The highest BCUT2D eigenvalue weighted by Gasteiger charge is 2.16. The lowest BCUT2D eigenvalue weighted by atomic mass is 9.97. The van der Waals surface area contributed by atoms with E-state index < -0.39 is 0 Å². The Morgan fingerprint density at radius 3 is 0.925 bits per heavy atom. The van der Waals surface area contributed by atoms with Crippen molar-refractivity contribution in [1.29, 1.82) is 0 Å². The second kappa shape index (κ2) is 24.8. The molecule has 2 heteroatoms. The zero-order valence-electron chi connectivity index (χ0n) is 41.2. The Labute approximate surface area is 400 Å². The van der Waals surface area contributed by atoms with Crippen molar-refractivity contribution in [2.24, 2.45) is 0 Å². The molecule has 67 heavy (non-hydrogen) atoms. The Hall–Kier alpha value is -7.42. The second-order valence-corrected chi connectivity index (χ2v) is 15.4. The van der Waals surface area contributed by atoms with Gasteiger partial charge in [-0.15, -0.1) is 0 Å². The molecule has 9 aromatic carbocycles. The molecule has 0 radical (unpaired) electrons. The summed E-state index contributed by atoms with van der Waals surface area (Å²) in [6.07, 6.45) is 1.10. The molecule has 0 unspecified atom stereocenters. The predicted molar refractivity (Wildman–Crippen MR) is 296 cm³/mol. The third-order valence-corrected chi connectivity index (χ3v) is 11.6. The van der Waals surface area contributed by atoms with E-state index in [1.165, 1.54) is 93.7 Å². The van der Waals surface area contributed by atoms with Gasteiger partial charge in [-0.3, -0.25) is 0 Å². The van der Waals surface area contributed by atoms with Gasteiger partial charge in [0.1, 0.15) is 6.67 Å². The summed E-state index contributed by atoms with van der Waals surface area (Å²) in [6.45, 7) is 18.9. The average molecular weight is 877 g/mol. The zero-order chi connectivity index (χ0) is 47.5. The fourth-order valence-corrected chi connectivity index (χ4v) is 8.91. The van der Waals surface area contributed by atoms with Crippen LogP contribution in [0.5, 0.6) is 0 Å². The first-order valence-electron chi connectivity index (χ1n) is 24.5. The number of benzene rings is 9. The van der Waals surface area contributed by atoms with Crippen LogP contribution >= 0.6 is 0 Å². The first-order chi connectivity index (χ1) is 33.2. The highest BCUT2D eigenvalue weighted by atomic mass is 15.2. The molecular formula is C65H68N2. The van der Waals surface area contributed by atoms with Crippen molar-refractivity contribution >= 4 is 43.6 Å². The molecule has 0 atom stereocenters. The molecule has 11 aromatic rings. The Morgan fingerprint density at radius 1 is 0.299 bits per heavy atom. The van der Waals surface area contributed by atoms with Gasteiger partial charge in [-0.1, -0.05) is 250 Å². The quantitative estimate of drug-likeness (QED) is 0.167. The van der Waals surface area contributed by atoms with Crippen molar-refractivity contribution < 1.29 is 0 Å². The standard InChI is InChI=1S/C25H18N2.C19H16.C13H10.4C2H6/c1-5-13-22-18(9-1)19-10-2-6-14-23(19)26(22)17-27-24-15-7-3-11-20(24)21-12-4-8-16-25(21)27;1-15-12-18(16-8-4-2-5-9-16)14-19(13-15)17-10-6-3-7-11-17;1-3-7-12-10(5-1)9-11-6-2-4-8-13(11)12;4*1-2/h1-16H,17H2;2-14H,1H3;1-8H,9H2;4*1-2H3. The second-order valence-electron chi connectivity index (χ2n) is 15.4. The molecule has 2 aromatic heterocycles. The number of aryl methyl sites for hydroxylation is 1. The Kier molecular flexibility index (Phi) is 18.1. The third kappa shape index (κ3) is 11.0. The fourth-order valence-electron chi connectivity index (χ4n) is 8.91. The predicted octanol–water partition coefficient (Wildman–Crippen LogP) is 19.1. The van der Waals surface area contributed by atoms with Gasteiger partial charge < -0.3 is 9.13 Å². The monoisotopic (exact) mass is 877 g/mol. The number of hydrogen-bond acceptors (Lipinski definition) is 0. The van der Waals surface area contributed by atoms with Gasteiger partial charge in [0.15, 0.2) is 0 Å². The summed E-state index contributed by atoms with van der Waals surface area (Å²) in [6, 6.07) is 79.9. The fraction of sp³-hybridized carbons (Fsp3) is 0.169. The van der Waals surface area contributed by atoms with Gasteiger partial charge >= 0.3 is 0 Å². The Morgan fingerprint density at radius 2 is 0.582 bits per heavy atom. The number of para-hydroxylation sites is 4. The van der Waals surface area contributed by atoms with E-state index in [9.17, 15) is 0 Å². The van der Waals surface area contributed by atoms with Crippen LogP contribution in [-0.2, 0) is 13.1 Å². The summed E-state index contributed by atoms with van der Waals surface area (Å²) in [4.78, 5) is 0. The minimum Gasteiger partial charge on any atom is -0.322 e. The van der Waals surface area contributed by atoms with Crippen LogP contribution in [-0.4, -0.2) is 9.13 Å². The van der Waals surface area contributed by atoms with Gasteiger partial charge in [0, 0.05) is 21.5 Å².